The Bertz CT molecular complexity index is 604. The molecule has 2 aromatic rings. The molecule has 0 saturated heterocycles. The van der Waals surface area contributed by atoms with Crippen molar-refractivity contribution in [3.63, 3.8) is 0 Å². The van der Waals surface area contributed by atoms with Gasteiger partial charge in [0.25, 0.3) is 0 Å². The van der Waals surface area contributed by atoms with Crippen LogP contribution in [0.3, 0.4) is 0 Å². The summed E-state index contributed by atoms with van der Waals surface area (Å²) in [7, 11) is 0. The topological polar surface area (TPSA) is 59.0 Å². The molecule has 1 heterocycles. The third kappa shape index (κ3) is 3.60. The highest BCUT2D eigenvalue weighted by atomic mass is 16.2. The summed E-state index contributed by atoms with van der Waals surface area (Å²) in [5, 5.41) is 9.84. The molecular weight excluding hydrogens is 252 g/mol. The summed E-state index contributed by atoms with van der Waals surface area (Å²) < 4.78 is 1.81. The fourth-order valence-corrected chi connectivity index (χ4v) is 1.92. The summed E-state index contributed by atoms with van der Waals surface area (Å²) in [6, 6.07) is 7.47. The number of benzene rings is 1. The first-order valence-corrected chi connectivity index (χ1v) is 6.77. The number of nitrogens with one attached hydrogen (secondary N) is 2. The second-order valence-corrected chi connectivity index (χ2v) is 4.86. The van der Waals surface area contributed by atoms with Crippen LogP contribution in [-0.2, 0) is 6.54 Å². The molecule has 2 N–H and O–H groups in total. The van der Waals surface area contributed by atoms with Crippen LogP contribution < -0.4 is 10.6 Å². The standard InChI is InChI=1S/C15H20N4O/c1-4-8-19-9-7-14(18-19)17-15(20)16-13-10-11(2)5-6-12(13)3/h5-7,9-10H,4,8H2,1-3H3,(H2,16,17,18,20). The Balaban J connectivity index is 1.99. The van der Waals surface area contributed by atoms with Gasteiger partial charge in [-0.15, -0.1) is 0 Å². The predicted octanol–water partition coefficient (Wildman–Crippen LogP) is 3.55. The maximum absolute atomic E-state index is 11.9. The Kier molecular flexibility index (Phi) is 4.40. The average molecular weight is 272 g/mol. The lowest BCUT2D eigenvalue weighted by Gasteiger charge is -2.09. The smallest absolute Gasteiger partial charge is 0.307 e. The van der Waals surface area contributed by atoms with Crippen molar-refractivity contribution >= 4 is 17.5 Å². The highest BCUT2D eigenvalue weighted by molar-refractivity contribution is 5.99. The van der Waals surface area contributed by atoms with Crippen LogP contribution in [0.4, 0.5) is 16.3 Å². The highest BCUT2D eigenvalue weighted by Gasteiger charge is 2.07. The lowest BCUT2D eigenvalue weighted by atomic mass is 10.1. The monoisotopic (exact) mass is 272 g/mol. The minimum absolute atomic E-state index is 0.277. The fraction of sp³-hybridized carbons (Fsp3) is 0.333. The summed E-state index contributed by atoms with van der Waals surface area (Å²) >= 11 is 0. The molecule has 1 aromatic heterocycles. The predicted molar refractivity (Wildman–Crippen MR) is 81.1 cm³/mol. The Morgan fingerprint density at radius 2 is 2.05 bits per heavy atom. The molecule has 0 saturated carbocycles. The molecule has 20 heavy (non-hydrogen) atoms. The molecule has 0 fully saturated rings. The normalized spacial score (nSPS) is 10.3. The van der Waals surface area contributed by atoms with Gasteiger partial charge in [0.05, 0.1) is 0 Å². The number of aromatic nitrogens is 2. The van der Waals surface area contributed by atoms with Gasteiger partial charge in [-0.1, -0.05) is 19.1 Å². The first-order valence-electron chi connectivity index (χ1n) is 6.77. The molecule has 5 nitrogen and oxygen atoms in total. The van der Waals surface area contributed by atoms with E-state index in [1.165, 1.54) is 0 Å². The summed E-state index contributed by atoms with van der Waals surface area (Å²) in [5.74, 6) is 0.557. The van der Waals surface area contributed by atoms with Crippen LogP contribution in [0.5, 0.6) is 0 Å². The van der Waals surface area contributed by atoms with Crippen molar-refractivity contribution in [3.8, 4) is 0 Å². The molecule has 0 atom stereocenters. The van der Waals surface area contributed by atoms with Crippen LogP contribution in [0.15, 0.2) is 30.5 Å². The van der Waals surface area contributed by atoms with E-state index < -0.39 is 0 Å². The second kappa shape index (κ2) is 6.23. The maximum atomic E-state index is 11.9. The minimum Gasteiger partial charge on any atom is -0.307 e. The lowest BCUT2D eigenvalue weighted by Crippen LogP contribution is -2.20. The summed E-state index contributed by atoms with van der Waals surface area (Å²) in [6.07, 6.45) is 2.87. The van der Waals surface area contributed by atoms with Crippen molar-refractivity contribution in [3.05, 3.63) is 41.6 Å². The Morgan fingerprint density at radius 1 is 1.25 bits per heavy atom. The first kappa shape index (κ1) is 14.1. The van der Waals surface area contributed by atoms with Gasteiger partial charge in [-0.3, -0.25) is 10.00 Å². The van der Waals surface area contributed by atoms with Crippen LogP contribution in [0.25, 0.3) is 0 Å². The third-order valence-corrected chi connectivity index (χ3v) is 2.98. The number of hydrogen-bond donors (Lipinski definition) is 2. The quantitative estimate of drug-likeness (QED) is 0.894. The van der Waals surface area contributed by atoms with E-state index in [1.54, 1.807) is 6.07 Å². The molecule has 0 spiro atoms. The molecule has 106 valence electrons. The van der Waals surface area contributed by atoms with Gasteiger partial charge in [-0.05, 0) is 37.5 Å². The molecule has 0 unspecified atom stereocenters. The fourth-order valence-electron chi connectivity index (χ4n) is 1.92. The SMILES string of the molecule is CCCn1ccc(NC(=O)Nc2cc(C)ccc2C)n1. The van der Waals surface area contributed by atoms with Gasteiger partial charge in [-0.25, -0.2) is 4.79 Å². The van der Waals surface area contributed by atoms with Crippen molar-refractivity contribution in [2.24, 2.45) is 0 Å². The summed E-state index contributed by atoms with van der Waals surface area (Å²) in [6.45, 7) is 6.89. The van der Waals surface area contributed by atoms with E-state index in [-0.39, 0.29) is 6.03 Å². The van der Waals surface area contributed by atoms with Gasteiger partial charge < -0.3 is 5.32 Å². The molecule has 2 rings (SSSR count). The number of rotatable bonds is 4. The Hall–Kier alpha value is -2.30. The minimum atomic E-state index is -0.277. The molecule has 0 bridgehead atoms. The molecule has 0 aliphatic carbocycles. The van der Waals surface area contributed by atoms with Crippen LogP contribution >= 0.6 is 0 Å². The number of amides is 2. The third-order valence-electron chi connectivity index (χ3n) is 2.98. The number of carbonyl (C=O) groups excluding carboxylic acids is 1. The number of anilines is 2. The van der Waals surface area contributed by atoms with Crippen molar-refractivity contribution in [2.75, 3.05) is 10.6 Å². The van der Waals surface area contributed by atoms with Gasteiger partial charge in [0.2, 0.25) is 0 Å². The lowest BCUT2D eigenvalue weighted by molar-refractivity contribution is 0.262. The average Bonchev–Trinajstić information content (AvgIpc) is 2.81. The van der Waals surface area contributed by atoms with E-state index >= 15 is 0 Å². The number of hydrogen-bond acceptors (Lipinski definition) is 2. The second-order valence-electron chi connectivity index (χ2n) is 4.86. The van der Waals surface area contributed by atoms with Gasteiger partial charge in [0.1, 0.15) is 0 Å². The zero-order chi connectivity index (χ0) is 14.5. The summed E-state index contributed by atoms with van der Waals surface area (Å²) in [5.41, 5.74) is 2.95. The number of carbonyl (C=O) groups is 1. The molecule has 0 radical (unpaired) electrons. The van der Waals surface area contributed by atoms with Crippen molar-refractivity contribution < 1.29 is 4.79 Å². The van der Waals surface area contributed by atoms with Crippen LogP contribution in [0.1, 0.15) is 24.5 Å². The number of urea groups is 1. The van der Waals surface area contributed by atoms with Crippen molar-refractivity contribution in [1.82, 2.24) is 9.78 Å². The zero-order valence-electron chi connectivity index (χ0n) is 12.1. The van der Waals surface area contributed by atoms with E-state index in [9.17, 15) is 4.79 Å². The van der Waals surface area contributed by atoms with Gasteiger partial charge in [0, 0.05) is 24.5 Å². The molecule has 0 aliphatic heterocycles. The van der Waals surface area contributed by atoms with Gasteiger partial charge >= 0.3 is 6.03 Å². The molecule has 2 amide bonds. The Labute approximate surface area is 119 Å². The Morgan fingerprint density at radius 3 is 2.80 bits per heavy atom. The van der Waals surface area contributed by atoms with E-state index in [2.05, 4.69) is 22.7 Å². The van der Waals surface area contributed by atoms with E-state index in [1.807, 2.05) is 42.9 Å². The van der Waals surface area contributed by atoms with Gasteiger partial charge in [-0.2, -0.15) is 5.10 Å². The largest absolute Gasteiger partial charge is 0.324 e. The van der Waals surface area contributed by atoms with Gasteiger partial charge in [0.15, 0.2) is 5.82 Å². The highest BCUT2D eigenvalue weighted by Crippen LogP contribution is 2.16. The maximum Gasteiger partial charge on any atom is 0.324 e. The molecule has 0 aliphatic rings. The molecule has 5 heteroatoms. The van der Waals surface area contributed by atoms with Crippen LogP contribution in [0, 0.1) is 13.8 Å². The van der Waals surface area contributed by atoms with E-state index in [0.29, 0.717) is 5.82 Å². The van der Waals surface area contributed by atoms with E-state index in [4.69, 9.17) is 0 Å². The first-order chi connectivity index (χ1) is 9.58. The van der Waals surface area contributed by atoms with Crippen LogP contribution in [0.2, 0.25) is 0 Å². The number of aryl methyl sites for hydroxylation is 3. The van der Waals surface area contributed by atoms with Crippen molar-refractivity contribution in [2.45, 2.75) is 33.7 Å². The molecule has 1 aromatic carbocycles. The summed E-state index contributed by atoms with van der Waals surface area (Å²) in [4.78, 5) is 11.9. The molecular formula is C15H20N4O. The van der Waals surface area contributed by atoms with Crippen molar-refractivity contribution in [1.29, 1.82) is 0 Å². The zero-order valence-corrected chi connectivity index (χ0v) is 12.1. The van der Waals surface area contributed by atoms with Crippen LogP contribution in [-0.4, -0.2) is 15.8 Å². The number of nitrogens with zero attached hydrogens (tertiary/aromatic N) is 2. The van der Waals surface area contributed by atoms with E-state index in [0.717, 1.165) is 29.8 Å².